The lowest BCUT2D eigenvalue weighted by Crippen LogP contribution is -2.20. The molecule has 2 aromatic heterocycles. The predicted octanol–water partition coefficient (Wildman–Crippen LogP) is 1.93. The summed E-state index contributed by atoms with van der Waals surface area (Å²) in [6, 6.07) is 7.54. The number of Topliss-reactive ketones (excluding diaryl/α,β-unsaturated/α-hetero) is 1. The Morgan fingerprint density at radius 1 is 1.21 bits per heavy atom. The molecule has 1 N–H and O–H groups in total. The van der Waals surface area contributed by atoms with E-state index in [1.807, 2.05) is 0 Å². The van der Waals surface area contributed by atoms with Crippen molar-refractivity contribution in [3.8, 4) is 11.5 Å². The fourth-order valence-corrected chi connectivity index (χ4v) is 3.25. The van der Waals surface area contributed by atoms with Crippen molar-refractivity contribution in [3.63, 3.8) is 0 Å². The van der Waals surface area contributed by atoms with E-state index in [9.17, 15) is 18.4 Å². The van der Waals surface area contributed by atoms with Crippen LogP contribution in [0.4, 0.5) is 8.78 Å². The van der Waals surface area contributed by atoms with E-state index in [1.54, 1.807) is 18.2 Å². The number of aromatic amines is 1. The second-order valence-electron chi connectivity index (χ2n) is 5.46. The Kier molecular flexibility index (Phi) is 5.95. The standard InChI is InChI=1S/C19H14F2N2O4S/c1-26-14-3-2-11(8-15(14)27-19(20)21)9-16-18(25)23-17(28-16)10-13(24)12-4-6-22-7-5-12/h2-10,19H,1H3,(H,23,25)/b16-9-,17-10-. The van der Waals surface area contributed by atoms with Gasteiger partial charge in [0.15, 0.2) is 17.3 Å². The number of pyridine rings is 1. The molecule has 0 amide bonds. The summed E-state index contributed by atoms with van der Waals surface area (Å²) in [5.41, 5.74) is 0.514. The van der Waals surface area contributed by atoms with Crippen molar-refractivity contribution >= 4 is 29.3 Å². The van der Waals surface area contributed by atoms with Crippen molar-refractivity contribution in [2.24, 2.45) is 0 Å². The van der Waals surface area contributed by atoms with Crippen LogP contribution in [-0.4, -0.2) is 29.5 Å². The van der Waals surface area contributed by atoms with Gasteiger partial charge in [-0.25, -0.2) is 0 Å². The van der Waals surface area contributed by atoms with Gasteiger partial charge in [0.1, 0.15) is 0 Å². The molecule has 0 atom stereocenters. The van der Waals surface area contributed by atoms with Gasteiger partial charge in [-0.15, -0.1) is 11.3 Å². The highest BCUT2D eigenvalue weighted by Crippen LogP contribution is 2.29. The molecule has 144 valence electrons. The van der Waals surface area contributed by atoms with Crippen LogP contribution in [0.15, 0.2) is 47.5 Å². The second kappa shape index (κ2) is 8.57. The molecule has 0 fully saturated rings. The first-order valence-corrected chi connectivity index (χ1v) is 8.77. The highest BCUT2D eigenvalue weighted by molar-refractivity contribution is 7.07. The van der Waals surface area contributed by atoms with Gasteiger partial charge < -0.3 is 14.5 Å². The molecule has 0 aliphatic carbocycles. The maximum absolute atomic E-state index is 12.5. The van der Waals surface area contributed by atoms with E-state index in [0.717, 1.165) is 11.3 Å². The van der Waals surface area contributed by atoms with Crippen molar-refractivity contribution < 1.29 is 23.0 Å². The number of rotatable bonds is 6. The minimum Gasteiger partial charge on any atom is -0.493 e. The van der Waals surface area contributed by atoms with Gasteiger partial charge >= 0.3 is 6.61 Å². The van der Waals surface area contributed by atoms with Crippen molar-refractivity contribution in [1.82, 2.24) is 9.97 Å². The fourth-order valence-electron chi connectivity index (χ4n) is 2.37. The summed E-state index contributed by atoms with van der Waals surface area (Å²) < 4.78 is 35.2. The molecule has 2 heterocycles. The molecule has 0 bridgehead atoms. The number of hydrogen-bond acceptors (Lipinski definition) is 6. The van der Waals surface area contributed by atoms with Gasteiger partial charge in [0.05, 0.1) is 16.3 Å². The summed E-state index contributed by atoms with van der Waals surface area (Å²) in [4.78, 5) is 30.8. The summed E-state index contributed by atoms with van der Waals surface area (Å²) in [6.45, 7) is -3.00. The number of ketones is 1. The number of nitrogens with one attached hydrogen (secondary N) is 1. The number of aromatic nitrogens is 2. The van der Waals surface area contributed by atoms with Crippen molar-refractivity contribution in [2.75, 3.05) is 7.11 Å². The molecule has 0 aliphatic rings. The lowest BCUT2D eigenvalue weighted by Gasteiger charge is -2.10. The molecule has 3 rings (SSSR count). The lowest BCUT2D eigenvalue weighted by molar-refractivity contribution is -0.0512. The van der Waals surface area contributed by atoms with Crippen LogP contribution in [-0.2, 0) is 0 Å². The average molecular weight is 404 g/mol. The quantitative estimate of drug-likeness (QED) is 0.635. The van der Waals surface area contributed by atoms with Crippen molar-refractivity contribution in [1.29, 1.82) is 0 Å². The third-order valence-corrected chi connectivity index (χ3v) is 4.57. The first kappa shape index (κ1) is 19.4. The van der Waals surface area contributed by atoms with Gasteiger partial charge in [-0.2, -0.15) is 8.78 Å². The highest BCUT2D eigenvalue weighted by Gasteiger charge is 2.11. The summed E-state index contributed by atoms with van der Waals surface area (Å²) >= 11 is 1.07. The van der Waals surface area contributed by atoms with Gasteiger partial charge in [0, 0.05) is 24.0 Å². The van der Waals surface area contributed by atoms with Crippen LogP contribution in [0.5, 0.6) is 11.5 Å². The summed E-state index contributed by atoms with van der Waals surface area (Å²) in [7, 11) is 1.34. The first-order chi connectivity index (χ1) is 13.5. The number of hydrogen-bond donors (Lipinski definition) is 1. The number of carbonyl (C=O) groups excluding carboxylic acids is 1. The zero-order valence-corrected chi connectivity index (χ0v) is 15.3. The van der Waals surface area contributed by atoms with Crippen LogP contribution >= 0.6 is 11.3 Å². The molecule has 3 aromatic rings. The number of alkyl halides is 2. The Morgan fingerprint density at radius 2 is 1.96 bits per heavy atom. The fraction of sp³-hybridized carbons (Fsp3) is 0.105. The third kappa shape index (κ3) is 4.68. The largest absolute Gasteiger partial charge is 0.493 e. The molecule has 0 saturated heterocycles. The number of carbonyl (C=O) groups is 1. The van der Waals surface area contributed by atoms with E-state index >= 15 is 0 Å². The van der Waals surface area contributed by atoms with Gasteiger partial charge in [-0.3, -0.25) is 14.6 Å². The highest BCUT2D eigenvalue weighted by atomic mass is 32.1. The molecule has 0 aliphatic heterocycles. The number of methoxy groups -OCH3 is 1. The molecular formula is C19H14F2N2O4S. The number of halogens is 2. The summed E-state index contributed by atoms with van der Waals surface area (Å²) in [6.07, 6.45) is 5.83. The first-order valence-electron chi connectivity index (χ1n) is 7.96. The normalized spacial score (nSPS) is 12.4. The minimum atomic E-state index is -3.00. The van der Waals surface area contributed by atoms with Crippen molar-refractivity contribution in [3.05, 3.63) is 73.4 Å². The molecule has 6 nitrogen and oxygen atoms in total. The zero-order chi connectivity index (χ0) is 20.1. The number of thiazole rings is 1. The van der Waals surface area contributed by atoms with Crippen LogP contribution < -0.4 is 24.2 Å². The summed E-state index contributed by atoms with van der Waals surface area (Å²) in [5.74, 6) is -0.267. The Labute approximate surface area is 161 Å². The maximum atomic E-state index is 12.5. The summed E-state index contributed by atoms with van der Waals surface area (Å²) in [5, 5.41) is 0. The topological polar surface area (TPSA) is 81.3 Å². The Bertz CT molecular complexity index is 1160. The molecule has 28 heavy (non-hydrogen) atoms. The lowest BCUT2D eigenvalue weighted by atomic mass is 10.2. The smallest absolute Gasteiger partial charge is 0.387 e. The average Bonchev–Trinajstić information content (AvgIpc) is 3.01. The maximum Gasteiger partial charge on any atom is 0.387 e. The Hall–Kier alpha value is -3.33. The minimum absolute atomic E-state index is 0.140. The van der Waals surface area contributed by atoms with E-state index in [2.05, 4.69) is 14.7 Å². The van der Waals surface area contributed by atoms with Gasteiger partial charge in [-0.05, 0) is 35.9 Å². The second-order valence-corrected chi connectivity index (χ2v) is 6.55. The van der Waals surface area contributed by atoms with Crippen LogP contribution in [0.25, 0.3) is 12.2 Å². The number of H-pyrrole nitrogens is 1. The number of ether oxygens (including phenoxy) is 2. The van der Waals surface area contributed by atoms with Crippen LogP contribution in [0.3, 0.4) is 0 Å². The van der Waals surface area contributed by atoms with E-state index in [0.29, 0.717) is 20.3 Å². The molecule has 0 spiro atoms. The van der Waals surface area contributed by atoms with Crippen LogP contribution in [0.2, 0.25) is 0 Å². The molecule has 0 saturated carbocycles. The van der Waals surface area contributed by atoms with E-state index in [4.69, 9.17) is 4.74 Å². The molecule has 0 radical (unpaired) electrons. The SMILES string of the molecule is COc1ccc(/C=c2\s/c(=C\C(=O)c3ccncc3)[nH]c2=O)cc1OC(F)F. The van der Waals surface area contributed by atoms with Gasteiger partial charge in [-0.1, -0.05) is 6.07 Å². The zero-order valence-electron chi connectivity index (χ0n) is 14.5. The van der Waals surface area contributed by atoms with Gasteiger partial charge in [0.25, 0.3) is 5.56 Å². The third-order valence-electron chi connectivity index (χ3n) is 3.61. The van der Waals surface area contributed by atoms with Crippen LogP contribution in [0, 0.1) is 0 Å². The van der Waals surface area contributed by atoms with Gasteiger partial charge in [0.2, 0.25) is 0 Å². The van der Waals surface area contributed by atoms with E-state index < -0.39 is 12.2 Å². The molecule has 1 aromatic carbocycles. The van der Waals surface area contributed by atoms with E-state index in [1.165, 1.54) is 43.8 Å². The monoisotopic (exact) mass is 404 g/mol. The molecular weight excluding hydrogens is 390 g/mol. The van der Waals surface area contributed by atoms with E-state index in [-0.39, 0.29) is 17.3 Å². The number of nitrogens with zero attached hydrogens (tertiary/aromatic N) is 1. The number of benzene rings is 1. The Morgan fingerprint density at radius 3 is 2.64 bits per heavy atom. The van der Waals surface area contributed by atoms with Crippen LogP contribution in [0.1, 0.15) is 15.9 Å². The molecule has 0 unspecified atom stereocenters. The molecule has 9 heteroatoms. The van der Waals surface area contributed by atoms with Crippen molar-refractivity contribution in [2.45, 2.75) is 6.61 Å². The predicted molar refractivity (Wildman–Crippen MR) is 100 cm³/mol. The Balaban J connectivity index is 1.97.